The molecule has 1 rings (SSSR count). The first kappa shape index (κ1) is 14.9. The quantitative estimate of drug-likeness (QED) is 0.651. The van der Waals surface area contributed by atoms with Gasteiger partial charge in [0.1, 0.15) is 0 Å². The van der Waals surface area contributed by atoms with Crippen LogP contribution < -0.4 is 5.73 Å². The smallest absolute Gasteiger partial charge is 0.0110 e. The zero-order valence-corrected chi connectivity index (χ0v) is 11.7. The summed E-state index contributed by atoms with van der Waals surface area (Å²) in [5.74, 6) is 0. The van der Waals surface area contributed by atoms with Crippen LogP contribution in [-0.4, -0.2) is 81.2 Å². The molecule has 0 radical (unpaired) electrons. The molecule has 0 unspecified atom stereocenters. The van der Waals surface area contributed by atoms with Gasteiger partial charge in [-0.2, -0.15) is 0 Å². The van der Waals surface area contributed by atoms with Crippen molar-refractivity contribution in [3.05, 3.63) is 0 Å². The summed E-state index contributed by atoms with van der Waals surface area (Å²) in [7, 11) is 4.30. The number of rotatable bonds is 7. The van der Waals surface area contributed by atoms with E-state index in [-0.39, 0.29) is 0 Å². The van der Waals surface area contributed by atoms with Gasteiger partial charge >= 0.3 is 0 Å². The zero-order chi connectivity index (χ0) is 12.5. The fourth-order valence-electron chi connectivity index (χ4n) is 2.29. The molecule has 4 heteroatoms. The van der Waals surface area contributed by atoms with Crippen LogP contribution in [0.25, 0.3) is 0 Å². The lowest BCUT2D eigenvalue weighted by Crippen LogP contribution is -2.35. The van der Waals surface area contributed by atoms with Crippen LogP contribution in [0.4, 0.5) is 0 Å². The molecule has 0 saturated carbocycles. The Kier molecular flexibility index (Phi) is 7.77. The highest BCUT2D eigenvalue weighted by Gasteiger charge is 2.13. The molecule has 1 saturated heterocycles. The predicted molar refractivity (Wildman–Crippen MR) is 74.3 cm³/mol. The van der Waals surface area contributed by atoms with Gasteiger partial charge < -0.3 is 20.4 Å². The average molecular weight is 242 g/mol. The highest BCUT2D eigenvalue weighted by molar-refractivity contribution is 4.70. The van der Waals surface area contributed by atoms with Gasteiger partial charge in [0.05, 0.1) is 0 Å². The number of unbranched alkanes of at least 4 members (excludes halogenated alkanes) is 1. The van der Waals surface area contributed by atoms with Crippen LogP contribution in [0.3, 0.4) is 0 Å². The monoisotopic (exact) mass is 242 g/mol. The fourth-order valence-corrected chi connectivity index (χ4v) is 2.29. The molecule has 1 heterocycles. The van der Waals surface area contributed by atoms with Crippen LogP contribution in [0.1, 0.15) is 19.3 Å². The van der Waals surface area contributed by atoms with E-state index >= 15 is 0 Å². The van der Waals surface area contributed by atoms with Gasteiger partial charge in [-0.05, 0) is 59.5 Å². The van der Waals surface area contributed by atoms with Crippen LogP contribution >= 0.6 is 0 Å². The van der Waals surface area contributed by atoms with Gasteiger partial charge in [-0.15, -0.1) is 0 Å². The van der Waals surface area contributed by atoms with Crippen molar-refractivity contribution in [3.63, 3.8) is 0 Å². The van der Waals surface area contributed by atoms with E-state index in [0.29, 0.717) is 0 Å². The molecule has 0 aromatic carbocycles. The number of nitrogens with zero attached hydrogens (tertiary/aromatic N) is 3. The van der Waals surface area contributed by atoms with Crippen molar-refractivity contribution < 1.29 is 0 Å². The summed E-state index contributed by atoms with van der Waals surface area (Å²) in [4.78, 5) is 7.47. The fraction of sp³-hybridized carbons (Fsp3) is 1.00. The maximum Gasteiger partial charge on any atom is 0.0110 e. The van der Waals surface area contributed by atoms with E-state index in [0.717, 1.165) is 6.54 Å². The van der Waals surface area contributed by atoms with Crippen molar-refractivity contribution in [3.8, 4) is 0 Å². The molecular weight excluding hydrogens is 212 g/mol. The summed E-state index contributed by atoms with van der Waals surface area (Å²) < 4.78 is 0. The Balaban J connectivity index is 2.15. The lowest BCUT2D eigenvalue weighted by molar-refractivity contribution is 0.235. The molecule has 102 valence electrons. The minimum absolute atomic E-state index is 0.836. The van der Waals surface area contributed by atoms with Crippen molar-refractivity contribution in [2.75, 3.05) is 66.5 Å². The van der Waals surface area contributed by atoms with Crippen LogP contribution in [-0.2, 0) is 0 Å². The molecule has 0 aromatic rings. The van der Waals surface area contributed by atoms with Crippen LogP contribution in [0.5, 0.6) is 0 Å². The average Bonchev–Trinajstić information content (AvgIpc) is 2.52. The summed E-state index contributed by atoms with van der Waals surface area (Å²) in [6.45, 7) is 9.46. The van der Waals surface area contributed by atoms with E-state index in [9.17, 15) is 0 Å². The second-order valence-corrected chi connectivity index (χ2v) is 5.34. The Bertz CT molecular complexity index is 184. The van der Waals surface area contributed by atoms with E-state index in [4.69, 9.17) is 5.73 Å². The van der Waals surface area contributed by atoms with E-state index in [2.05, 4.69) is 28.8 Å². The van der Waals surface area contributed by atoms with Crippen molar-refractivity contribution >= 4 is 0 Å². The van der Waals surface area contributed by atoms with Crippen LogP contribution in [0, 0.1) is 0 Å². The standard InChI is InChI=1S/C13H30N4/c1-15(2)10-11-17-9-5-8-16(12-13-17)7-4-3-6-14/h3-14H2,1-2H3. The Morgan fingerprint density at radius 1 is 0.941 bits per heavy atom. The van der Waals surface area contributed by atoms with Crippen molar-refractivity contribution in [1.82, 2.24) is 14.7 Å². The summed E-state index contributed by atoms with van der Waals surface area (Å²) in [5.41, 5.74) is 5.53. The van der Waals surface area contributed by atoms with Gasteiger partial charge in [-0.1, -0.05) is 0 Å². The number of hydrogen-bond donors (Lipinski definition) is 1. The third-order valence-corrected chi connectivity index (χ3v) is 3.47. The molecule has 1 aliphatic heterocycles. The van der Waals surface area contributed by atoms with Gasteiger partial charge in [-0.25, -0.2) is 0 Å². The zero-order valence-electron chi connectivity index (χ0n) is 11.7. The highest BCUT2D eigenvalue weighted by atomic mass is 15.2. The number of hydrogen-bond acceptors (Lipinski definition) is 4. The molecule has 0 aliphatic carbocycles. The van der Waals surface area contributed by atoms with Crippen molar-refractivity contribution in [1.29, 1.82) is 0 Å². The number of nitrogens with two attached hydrogens (primary N) is 1. The Morgan fingerprint density at radius 2 is 1.59 bits per heavy atom. The van der Waals surface area contributed by atoms with Gasteiger partial charge in [-0.3, -0.25) is 0 Å². The van der Waals surface area contributed by atoms with Gasteiger partial charge in [0.2, 0.25) is 0 Å². The molecule has 1 aliphatic rings. The Labute approximate surface area is 107 Å². The van der Waals surface area contributed by atoms with Gasteiger partial charge in [0.25, 0.3) is 0 Å². The lowest BCUT2D eigenvalue weighted by Gasteiger charge is -2.23. The molecule has 0 spiro atoms. The SMILES string of the molecule is CN(C)CCN1CCCN(CCCCN)CC1. The summed E-state index contributed by atoms with van der Waals surface area (Å²) in [6, 6.07) is 0. The summed E-state index contributed by atoms with van der Waals surface area (Å²) in [6.07, 6.45) is 3.74. The van der Waals surface area contributed by atoms with Crippen molar-refractivity contribution in [2.45, 2.75) is 19.3 Å². The molecule has 2 N–H and O–H groups in total. The third kappa shape index (κ3) is 6.99. The third-order valence-electron chi connectivity index (χ3n) is 3.47. The van der Waals surface area contributed by atoms with Crippen molar-refractivity contribution in [2.24, 2.45) is 5.73 Å². The van der Waals surface area contributed by atoms with E-state index in [1.165, 1.54) is 65.1 Å². The Morgan fingerprint density at radius 3 is 2.18 bits per heavy atom. The molecule has 17 heavy (non-hydrogen) atoms. The first-order chi connectivity index (χ1) is 8.22. The molecule has 0 amide bonds. The molecule has 0 aromatic heterocycles. The second-order valence-electron chi connectivity index (χ2n) is 5.34. The van der Waals surface area contributed by atoms with E-state index in [1.54, 1.807) is 0 Å². The lowest BCUT2D eigenvalue weighted by atomic mass is 10.3. The first-order valence-electron chi connectivity index (χ1n) is 7.02. The molecule has 0 atom stereocenters. The largest absolute Gasteiger partial charge is 0.330 e. The molecule has 4 nitrogen and oxygen atoms in total. The molecule has 1 fully saturated rings. The normalized spacial score (nSPS) is 19.8. The topological polar surface area (TPSA) is 35.7 Å². The Hall–Kier alpha value is -0.160. The minimum Gasteiger partial charge on any atom is -0.330 e. The van der Waals surface area contributed by atoms with Gasteiger partial charge in [0, 0.05) is 26.2 Å². The van der Waals surface area contributed by atoms with E-state index in [1.807, 2.05) is 0 Å². The predicted octanol–water partition coefficient (Wildman–Crippen LogP) is 0.295. The van der Waals surface area contributed by atoms with Gasteiger partial charge in [0.15, 0.2) is 0 Å². The van der Waals surface area contributed by atoms with E-state index < -0.39 is 0 Å². The summed E-state index contributed by atoms with van der Waals surface area (Å²) >= 11 is 0. The summed E-state index contributed by atoms with van der Waals surface area (Å²) in [5, 5.41) is 0. The van der Waals surface area contributed by atoms with Crippen LogP contribution in [0.15, 0.2) is 0 Å². The highest BCUT2D eigenvalue weighted by Crippen LogP contribution is 2.04. The molecule has 0 bridgehead atoms. The number of likely N-dealkylation sites (N-methyl/N-ethyl adjacent to an activating group) is 1. The molecular formula is C13H30N4. The first-order valence-corrected chi connectivity index (χ1v) is 7.02. The maximum absolute atomic E-state index is 5.53. The minimum atomic E-state index is 0.836. The van der Waals surface area contributed by atoms with Crippen LogP contribution in [0.2, 0.25) is 0 Å². The second kappa shape index (κ2) is 8.86. The maximum atomic E-state index is 5.53.